The molecule has 0 aliphatic heterocycles. The van der Waals surface area contributed by atoms with E-state index in [2.05, 4.69) is 22.6 Å². The van der Waals surface area contributed by atoms with Crippen LogP contribution in [0.3, 0.4) is 0 Å². The van der Waals surface area contributed by atoms with Gasteiger partial charge in [0.1, 0.15) is 5.75 Å². The number of esters is 2. The molecule has 0 heterocycles. The maximum Gasteiger partial charge on any atom is 0.336 e. The van der Waals surface area contributed by atoms with Crippen LogP contribution in [-0.2, 0) is 19.1 Å². The summed E-state index contributed by atoms with van der Waals surface area (Å²) in [5.74, 6) is 0.277. The predicted octanol–water partition coefficient (Wildman–Crippen LogP) is 5.72. The molecule has 164 valence electrons. The first-order valence-electron chi connectivity index (χ1n) is 10.4. The Morgan fingerprint density at radius 1 is 1.00 bits per heavy atom. The van der Waals surface area contributed by atoms with Crippen molar-refractivity contribution in [2.45, 2.75) is 44.8 Å². The molecule has 6 heteroatoms. The highest BCUT2D eigenvalue weighted by molar-refractivity contribution is 14.1. The lowest BCUT2D eigenvalue weighted by atomic mass is 9.79. The van der Waals surface area contributed by atoms with Crippen molar-refractivity contribution in [1.29, 1.82) is 0 Å². The first-order valence-corrected chi connectivity index (χ1v) is 11.5. The van der Waals surface area contributed by atoms with Gasteiger partial charge in [-0.1, -0.05) is 24.3 Å². The second-order valence-corrected chi connectivity index (χ2v) is 8.91. The first-order chi connectivity index (χ1) is 14.9. The van der Waals surface area contributed by atoms with Gasteiger partial charge < -0.3 is 14.2 Å². The largest absolute Gasteiger partial charge is 0.436 e. The van der Waals surface area contributed by atoms with E-state index in [9.17, 15) is 9.59 Å². The number of hydrogen-bond acceptors (Lipinski definition) is 5. The lowest BCUT2D eigenvalue weighted by Crippen LogP contribution is -2.26. The van der Waals surface area contributed by atoms with Crippen LogP contribution in [0.1, 0.15) is 49.7 Å². The van der Waals surface area contributed by atoms with Crippen LogP contribution in [0.4, 0.5) is 0 Å². The normalized spacial score (nSPS) is 19.7. The summed E-state index contributed by atoms with van der Waals surface area (Å²) in [6.07, 6.45) is 6.13. The molecule has 1 aliphatic rings. The maximum absolute atomic E-state index is 12.2. The van der Waals surface area contributed by atoms with Gasteiger partial charge in [-0.25, -0.2) is 4.79 Å². The SMILES string of the molecule is COC(C)OC(=O)C1CCC(c2ccc(OC(=O)/C=C/c3ccc(I)cc3)cc2)CC1. The molecule has 0 spiro atoms. The van der Waals surface area contributed by atoms with E-state index >= 15 is 0 Å². The van der Waals surface area contributed by atoms with Crippen LogP contribution >= 0.6 is 22.6 Å². The summed E-state index contributed by atoms with van der Waals surface area (Å²) in [5, 5.41) is 0. The highest BCUT2D eigenvalue weighted by atomic mass is 127. The van der Waals surface area contributed by atoms with E-state index in [4.69, 9.17) is 14.2 Å². The van der Waals surface area contributed by atoms with Gasteiger partial charge in [0.05, 0.1) is 5.92 Å². The van der Waals surface area contributed by atoms with Gasteiger partial charge >= 0.3 is 11.9 Å². The van der Waals surface area contributed by atoms with E-state index in [0.717, 1.165) is 34.8 Å². The lowest BCUT2D eigenvalue weighted by Gasteiger charge is -2.28. The third-order valence-electron chi connectivity index (χ3n) is 5.53. The van der Waals surface area contributed by atoms with E-state index in [1.807, 2.05) is 48.5 Å². The Morgan fingerprint density at radius 3 is 2.26 bits per heavy atom. The zero-order chi connectivity index (χ0) is 22.2. The molecule has 3 rings (SSSR count). The second kappa shape index (κ2) is 11.4. The van der Waals surface area contributed by atoms with Crippen LogP contribution in [0.25, 0.3) is 6.08 Å². The topological polar surface area (TPSA) is 61.8 Å². The van der Waals surface area contributed by atoms with Crippen LogP contribution in [0.5, 0.6) is 5.75 Å². The molecule has 1 aliphatic carbocycles. The van der Waals surface area contributed by atoms with Crippen molar-refractivity contribution in [3.63, 3.8) is 0 Å². The summed E-state index contributed by atoms with van der Waals surface area (Å²) in [6.45, 7) is 1.72. The Balaban J connectivity index is 1.48. The molecule has 0 N–H and O–H groups in total. The fourth-order valence-electron chi connectivity index (χ4n) is 3.67. The van der Waals surface area contributed by atoms with Crippen LogP contribution in [0.2, 0.25) is 0 Å². The van der Waals surface area contributed by atoms with Crippen molar-refractivity contribution in [3.05, 3.63) is 69.3 Å². The number of carbonyl (C=O) groups is 2. The number of ether oxygens (including phenoxy) is 3. The van der Waals surface area contributed by atoms with Crippen molar-refractivity contribution >= 4 is 40.6 Å². The number of carbonyl (C=O) groups excluding carboxylic acids is 2. The summed E-state index contributed by atoms with van der Waals surface area (Å²) in [6, 6.07) is 15.5. The van der Waals surface area contributed by atoms with Crippen LogP contribution < -0.4 is 4.74 Å². The van der Waals surface area contributed by atoms with Gasteiger partial charge in [0, 0.05) is 16.8 Å². The summed E-state index contributed by atoms with van der Waals surface area (Å²) in [5.41, 5.74) is 2.15. The van der Waals surface area contributed by atoms with E-state index in [1.54, 1.807) is 13.0 Å². The van der Waals surface area contributed by atoms with E-state index in [1.165, 1.54) is 18.7 Å². The van der Waals surface area contributed by atoms with Gasteiger partial charge in [-0.3, -0.25) is 4.79 Å². The van der Waals surface area contributed by atoms with Crippen molar-refractivity contribution in [1.82, 2.24) is 0 Å². The van der Waals surface area contributed by atoms with E-state index in [0.29, 0.717) is 11.7 Å². The molecular weight excluding hydrogens is 507 g/mol. The number of rotatable bonds is 7. The minimum Gasteiger partial charge on any atom is -0.436 e. The predicted molar refractivity (Wildman–Crippen MR) is 128 cm³/mol. The highest BCUT2D eigenvalue weighted by Crippen LogP contribution is 2.37. The first kappa shape index (κ1) is 23.5. The van der Waals surface area contributed by atoms with Gasteiger partial charge in [0.2, 0.25) is 0 Å². The molecule has 0 aromatic heterocycles. The summed E-state index contributed by atoms with van der Waals surface area (Å²) < 4.78 is 16.8. The maximum atomic E-state index is 12.2. The standard InChI is InChI=1S/C25H27IO5/c1-17(29-2)30-25(28)21-8-6-19(7-9-21)20-10-14-23(15-11-20)31-24(27)16-5-18-3-12-22(26)13-4-18/h3-5,10-17,19,21H,6-9H2,1-2H3/b16-5+. The fraction of sp³-hybridized carbons (Fsp3) is 0.360. The summed E-state index contributed by atoms with van der Waals surface area (Å²) >= 11 is 2.24. The summed E-state index contributed by atoms with van der Waals surface area (Å²) in [4.78, 5) is 24.2. The number of halogens is 1. The van der Waals surface area contributed by atoms with Crippen LogP contribution in [0, 0.1) is 9.49 Å². The van der Waals surface area contributed by atoms with Gasteiger partial charge in [-0.15, -0.1) is 0 Å². The number of methoxy groups -OCH3 is 1. The minimum atomic E-state index is -0.508. The average molecular weight is 534 g/mol. The van der Waals surface area contributed by atoms with Crippen molar-refractivity contribution in [2.24, 2.45) is 5.92 Å². The van der Waals surface area contributed by atoms with E-state index in [-0.39, 0.29) is 11.9 Å². The Morgan fingerprint density at radius 2 is 1.65 bits per heavy atom. The van der Waals surface area contributed by atoms with Gasteiger partial charge in [-0.2, -0.15) is 0 Å². The fourth-order valence-corrected chi connectivity index (χ4v) is 4.03. The Hall–Kier alpha value is -2.19. The third kappa shape index (κ3) is 7.18. The zero-order valence-electron chi connectivity index (χ0n) is 17.8. The highest BCUT2D eigenvalue weighted by Gasteiger charge is 2.29. The Labute approximate surface area is 196 Å². The molecule has 0 amide bonds. The van der Waals surface area contributed by atoms with Gasteiger partial charge in [-0.05, 0) is 103 Å². The second-order valence-electron chi connectivity index (χ2n) is 7.66. The molecule has 1 atom stereocenters. The molecular formula is C25H27IO5. The minimum absolute atomic E-state index is 0.0612. The quantitative estimate of drug-likeness (QED) is 0.150. The van der Waals surface area contributed by atoms with Crippen molar-refractivity contribution < 1.29 is 23.8 Å². The summed E-state index contributed by atoms with van der Waals surface area (Å²) in [7, 11) is 1.52. The van der Waals surface area contributed by atoms with E-state index < -0.39 is 12.3 Å². The lowest BCUT2D eigenvalue weighted by molar-refractivity contribution is -0.175. The monoisotopic (exact) mass is 534 g/mol. The Bertz CT molecular complexity index is 897. The van der Waals surface area contributed by atoms with Gasteiger partial charge in [0.25, 0.3) is 0 Å². The molecule has 31 heavy (non-hydrogen) atoms. The van der Waals surface area contributed by atoms with Crippen LogP contribution in [-0.4, -0.2) is 25.3 Å². The third-order valence-corrected chi connectivity index (χ3v) is 6.25. The molecule has 2 aromatic rings. The number of hydrogen-bond donors (Lipinski definition) is 0. The molecule has 1 unspecified atom stereocenters. The molecule has 0 saturated heterocycles. The molecule has 2 aromatic carbocycles. The molecule has 1 fully saturated rings. The molecule has 0 bridgehead atoms. The smallest absolute Gasteiger partial charge is 0.336 e. The number of benzene rings is 2. The molecule has 5 nitrogen and oxygen atoms in total. The van der Waals surface area contributed by atoms with Crippen molar-refractivity contribution in [3.8, 4) is 5.75 Å². The zero-order valence-corrected chi connectivity index (χ0v) is 19.9. The molecule has 1 saturated carbocycles. The molecule has 0 radical (unpaired) electrons. The van der Waals surface area contributed by atoms with Gasteiger partial charge in [0.15, 0.2) is 6.29 Å². The van der Waals surface area contributed by atoms with Crippen molar-refractivity contribution in [2.75, 3.05) is 7.11 Å². The Kier molecular flexibility index (Phi) is 8.66. The van der Waals surface area contributed by atoms with Crippen LogP contribution in [0.15, 0.2) is 54.6 Å². The average Bonchev–Trinajstić information content (AvgIpc) is 2.79.